The average molecular weight is 296 g/mol. The zero-order valence-corrected chi connectivity index (χ0v) is 10.8. The van der Waals surface area contributed by atoms with E-state index in [0.29, 0.717) is 0 Å². The summed E-state index contributed by atoms with van der Waals surface area (Å²) in [6.45, 7) is 0. The Bertz CT molecular complexity index is 744. The highest BCUT2D eigenvalue weighted by atomic mass is 32.2. The summed E-state index contributed by atoms with van der Waals surface area (Å²) < 4.78 is 37.0. The lowest BCUT2D eigenvalue weighted by molar-refractivity contribution is 0.0695. The van der Waals surface area contributed by atoms with Crippen molar-refractivity contribution < 1.29 is 22.7 Å². The van der Waals surface area contributed by atoms with Crippen molar-refractivity contribution in [1.82, 2.24) is 9.97 Å². The Hall–Kier alpha value is -2.35. The molecule has 0 saturated carbocycles. The second-order valence-electron chi connectivity index (χ2n) is 3.90. The number of sulfone groups is 1. The molecule has 0 amide bonds. The third-order valence-corrected chi connectivity index (χ3v) is 4.17. The molecule has 0 bridgehead atoms. The van der Waals surface area contributed by atoms with E-state index in [1.54, 1.807) is 0 Å². The molecular formula is C12H9FN2O4S. The van der Waals surface area contributed by atoms with Gasteiger partial charge in [-0.2, -0.15) is 0 Å². The maximum absolute atomic E-state index is 12.8. The summed E-state index contributed by atoms with van der Waals surface area (Å²) in [5, 5.41) is 8.95. The van der Waals surface area contributed by atoms with E-state index in [2.05, 4.69) is 9.97 Å². The largest absolute Gasteiger partial charge is 0.478 e. The number of rotatable bonds is 4. The molecule has 2 rings (SSSR count). The molecule has 0 saturated heterocycles. The van der Waals surface area contributed by atoms with Crippen LogP contribution in [0.15, 0.2) is 41.7 Å². The van der Waals surface area contributed by atoms with Crippen LogP contribution in [-0.4, -0.2) is 29.5 Å². The molecule has 0 aliphatic rings. The summed E-state index contributed by atoms with van der Waals surface area (Å²) in [4.78, 5) is 18.1. The quantitative estimate of drug-likeness (QED) is 0.854. The molecule has 20 heavy (non-hydrogen) atoms. The van der Waals surface area contributed by atoms with Crippen molar-refractivity contribution >= 4 is 15.8 Å². The van der Waals surface area contributed by atoms with Gasteiger partial charge in [0.25, 0.3) is 0 Å². The second kappa shape index (κ2) is 5.33. The fourth-order valence-electron chi connectivity index (χ4n) is 1.55. The normalized spacial score (nSPS) is 11.2. The van der Waals surface area contributed by atoms with Gasteiger partial charge in [0.05, 0.1) is 16.3 Å². The smallest absolute Gasteiger partial charge is 0.339 e. The van der Waals surface area contributed by atoms with E-state index in [-0.39, 0.29) is 16.2 Å². The minimum Gasteiger partial charge on any atom is -0.478 e. The molecule has 0 radical (unpaired) electrons. The molecule has 0 aliphatic carbocycles. The highest BCUT2D eigenvalue weighted by molar-refractivity contribution is 7.90. The molecule has 1 aromatic carbocycles. The van der Waals surface area contributed by atoms with Crippen LogP contribution in [0.5, 0.6) is 0 Å². The summed E-state index contributed by atoms with van der Waals surface area (Å²) in [6, 6.07) is 4.27. The summed E-state index contributed by atoms with van der Waals surface area (Å²) >= 11 is 0. The van der Waals surface area contributed by atoms with Crippen LogP contribution in [0, 0.1) is 5.82 Å². The van der Waals surface area contributed by atoms with Crippen LogP contribution in [-0.2, 0) is 15.6 Å². The third-order valence-electron chi connectivity index (χ3n) is 2.52. The molecule has 0 unspecified atom stereocenters. The van der Waals surface area contributed by atoms with Gasteiger partial charge in [-0.3, -0.25) is 0 Å². The first-order valence-corrected chi connectivity index (χ1v) is 7.06. The van der Waals surface area contributed by atoms with Gasteiger partial charge in [-0.15, -0.1) is 0 Å². The lowest BCUT2D eigenvalue weighted by Crippen LogP contribution is -2.12. The van der Waals surface area contributed by atoms with Crippen molar-refractivity contribution in [3.05, 3.63) is 53.9 Å². The standard InChI is InChI=1S/C12H9FN2O4S/c13-8-1-3-9(4-2-8)20(18,19)6-11-10(12(16)17)5-14-7-15-11/h1-5,7H,6H2,(H,16,17). The van der Waals surface area contributed by atoms with Crippen molar-refractivity contribution in [2.75, 3.05) is 0 Å². The third kappa shape index (κ3) is 2.97. The van der Waals surface area contributed by atoms with E-state index >= 15 is 0 Å². The van der Waals surface area contributed by atoms with Gasteiger partial charge in [0.2, 0.25) is 0 Å². The Morgan fingerprint density at radius 1 is 1.25 bits per heavy atom. The first kappa shape index (κ1) is 14.1. The molecule has 0 fully saturated rings. The molecule has 1 aromatic heterocycles. The summed E-state index contributed by atoms with van der Waals surface area (Å²) in [5.41, 5.74) is -0.394. The van der Waals surface area contributed by atoms with Gasteiger partial charge in [0.1, 0.15) is 17.7 Å². The molecule has 0 aliphatic heterocycles. The number of hydrogen-bond donors (Lipinski definition) is 1. The summed E-state index contributed by atoms with van der Waals surface area (Å²) in [7, 11) is -3.81. The molecule has 0 spiro atoms. The Morgan fingerprint density at radius 2 is 1.90 bits per heavy atom. The van der Waals surface area contributed by atoms with Crippen LogP contribution in [0.1, 0.15) is 16.1 Å². The second-order valence-corrected chi connectivity index (χ2v) is 5.89. The lowest BCUT2D eigenvalue weighted by Gasteiger charge is -2.06. The van der Waals surface area contributed by atoms with Crippen molar-refractivity contribution in [1.29, 1.82) is 0 Å². The molecule has 6 nitrogen and oxygen atoms in total. The minimum absolute atomic E-state index is 0.103. The van der Waals surface area contributed by atoms with Crippen LogP contribution in [0.3, 0.4) is 0 Å². The summed E-state index contributed by atoms with van der Waals surface area (Å²) in [6.07, 6.45) is 2.10. The molecular weight excluding hydrogens is 287 g/mol. The van der Waals surface area contributed by atoms with Crippen molar-refractivity contribution in [3.63, 3.8) is 0 Å². The molecule has 104 valence electrons. The van der Waals surface area contributed by atoms with E-state index < -0.39 is 27.4 Å². The van der Waals surface area contributed by atoms with E-state index in [4.69, 9.17) is 5.11 Å². The zero-order valence-electron chi connectivity index (χ0n) is 10.0. The van der Waals surface area contributed by atoms with Gasteiger partial charge in [-0.25, -0.2) is 27.6 Å². The number of aromatic carboxylic acids is 1. The Morgan fingerprint density at radius 3 is 2.50 bits per heavy atom. The van der Waals surface area contributed by atoms with E-state index in [1.165, 1.54) is 0 Å². The molecule has 8 heteroatoms. The highest BCUT2D eigenvalue weighted by Crippen LogP contribution is 2.17. The van der Waals surface area contributed by atoms with E-state index in [9.17, 15) is 17.6 Å². The number of nitrogens with zero attached hydrogens (tertiary/aromatic N) is 2. The first-order valence-electron chi connectivity index (χ1n) is 5.40. The van der Waals surface area contributed by atoms with Gasteiger partial charge in [0, 0.05) is 6.20 Å². The van der Waals surface area contributed by atoms with Crippen molar-refractivity contribution in [2.45, 2.75) is 10.6 Å². The number of halogens is 1. The van der Waals surface area contributed by atoms with Gasteiger partial charge in [-0.05, 0) is 24.3 Å². The predicted molar refractivity (Wildman–Crippen MR) is 66.3 cm³/mol. The Kier molecular flexibility index (Phi) is 3.75. The molecule has 1 heterocycles. The van der Waals surface area contributed by atoms with Gasteiger partial charge in [-0.1, -0.05) is 0 Å². The number of carbonyl (C=O) groups is 1. The predicted octanol–water partition coefficient (Wildman–Crippen LogP) is 1.29. The lowest BCUT2D eigenvalue weighted by atomic mass is 10.2. The van der Waals surface area contributed by atoms with Crippen molar-refractivity contribution in [3.8, 4) is 0 Å². The molecule has 0 atom stereocenters. The van der Waals surface area contributed by atoms with Gasteiger partial charge in [0.15, 0.2) is 9.84 Å². The number of carboxylic acid groups (broad SMARTS) is 1. The summed E-state index contributed by atoms with van der Waals surface area (Å²) in [5.74, 6) is -2.46. The van der Waals surface area contributed by atoms with Crippen LogP contribution in [0.2, 0.25) is 0 Å². The van der Waals surface area contributed by atoms with Crippen LogP contribution >= 0.6 is 0 Å². The average Bonchev–Trinajstić information content (AvgIpc) is 2.39. The molecule has 2 aromatic rings. The Labute approximate surface area is 113 Å². The number of hydrogen-bond acceptors (Lipinski definition) is 5. The van der Waals surface area contributed by atoms with Crippen LogP contribution < -0.4 is 0 Å². The molecule has 1 N–H and O–H groups in total. The van der Waals surface area contributed by atoms with E-state index in [0.717, 1.165) is 36.8 Å². The zero-order chi connectivity index (χ0) is 14.8. The van der Waals surface area contributed by atoms with Crippen LogP contribution in [0.25, 0.3) is 0 Å². The SMILES string of the molecule is O=C(O)c1cncnc1CS(=O)(=O)c1ccc(F)cc1. The monoisotopic (exact) mass is 296 g/mol. The van der Waals surface area contributed by atoms with Crippen LogP contribution in [0.4, 0.5) is 4.39 Å². The number of aromatic nitrogens is 2. The maximum atomic E-state index is 12.8. The van der Waals surface area contributed by atoms with Crippen molar-refractivity contribution in [2.24, 2.45) is 0 Å². The fraction of sp³-hybridized carbons (Fsp3) is 0.0833. The number of carboxylic acids is 1. The topological polar surface area (TPSA) is 97.2 Å². The van der Waals surface area contributed by atoms with Gasteiger partial charge >= 0.3 is 5.97 Å². The fourth-order valence-corrected chi connectivity index (χ4v) is 2.86. The first-order chi connectivity index (χ1) is 9.40. The van der Waals surface area contributed by atoms with Gasteiger partial charge < -0.3 is 5.11 Å². The maximum Gasteiger partial charge on any atom is 0.339 e. The minimum atomic E-state index is -3.81. The number of benzene rings is 1. The van der Waals surface area contributed by atoms with E-state index in [1.807, 2.05) is 0 Å². The Balaban J connectivity index is 2.38. The highest BCUT2D eigenvalue weighted by Gasteiger charge is 2.21.